The van der Waals surface area contributed by atoms with Crippen molar-refractivity contribution >= 4 is 28.5 Å². The molecule has 0 aromatic heterocycles. The van der Waals surface area contributed by atoms with Crippen LogP contribution in [-0.4, -0.2) is 54.9 Å². The van der Waals surface area contributed by atoms with Gasteiger partial charge in [-0.05, 0) is 18.6 Å². The van der Waals surface area contributed by atoms with E-state index in [1.165, 1.54) is 0 Å². The molecule has 27 heavy (non-hydrogen) atoms. The Hall–Kier alpha value is -2.80. The van der Waals surface area contributed by atoms with Gasteiger partial charge >= 0.3 is 6.09 Å². The lowest BCUT2D eigenvalue weighted by Gasteiger charge is -2.27. The van der Waals surface area contributed by atoms with Crippen molar-refractivity contribution in [3.8, 4) is 5.75 Å². The number of phenolic OH excluding ortho intramolecular Hbond substituents is 1. The zero-order valence-electron chi connectivity index (χ0n) is 15.4. The number of nitrogens with one attached hydrogen (secondary N) is 1. The number of benzene rings is 2. The monoisotopic (exact) mass is 372 g/mol. The fourth-order valence-corrected chi connectivity index (χ4v) is 3.02. The molecule has 2 N–H and O–H groups in total. The molecule has 2 amide bonds. The Kier molecular flexibility index (Phi) is 6.13. The normalized spacial score (nSPS) is 14.2. The molecular formula is C20H24N2O5. The number of aromatic hydroxyl groups is 1. The summed E-state index contributed by atoms with van der Waals surface area (Å²) in [7, 11) is 0. The van der Waals surface area contributed by atoms with E-state index in [9.17, 15) is 14.7 Å². The molecule has 0 saturated carbocycles. The maximum atomic E-state index is 12.7. The Balaban J connectivity index is 1.84. The van der Waals surface area contributed by atoms with Crippen LogP contribution in [0.1, 0.15) is 30.1 Å². The predicted octanol–water partition coefficient (Wildman–Crippen LogP) is 3.37. The van der Waals surface area contributed by atoms with E-state index in [1.54, 1.807) is 35.2 Å². The molecule has 0 aliphatic carbocycles. The van der Waals surface area contributed by atoms with Gasteiger partial charge in [-0.2, -0.15) is 0 Å². The highest BCUT2D eigenvalue weighted by atomic mass is 16.5. The SMILES string of the molecule is CCCCOC(=O)Nc1cccc2c(O)c(C(=O)N3CCOCC3)ccc12. The van der Waals surface area contributed by atoms with Crippen LogP contribution in [0.25, 0.3) is 10.8 Å². The van der Waals surface area contributed by atoms with Gasteiger partial charge in [-0.15, -0.1) is 0 Å². The highest BCUT2D eigenvalue weighted by Gasteiger charge is 2.22. The first-order chi connectivity index (χ1) is 13.1. The molecule has 0 atom stereocenters. The molecule has 0 unspecified atom stereocenters. The fourth-order valence-electron chi connectivity index (χ4n) is 3.02. The number of carbonyl (C=O) groups excluding carboxylic acids is 2. The van der Waals surface area contributed by atoms with Crippen LogP contribution in [0.2, 0.25) is 0 Å². The van der Waals surface area contributed by atoms with Crippen molar-refractivity contribution in [2.75, 3.05) is 38.2 Å². The van der Waals surface area contributed by atoms with E-state index >= 15 is 0 Å². The molecule has 1 saturated heterocycles. The minimum atomic E-state index is -0.538. The van der Waals surface area contributed by atoms with Crippen molar-refractivity contribution in [2.45, 2.75) is 19.8 Å². The molecule has 1 aliphatic heterocycles. The van der Waals surface area contributed by atoms with E-state index in [0.29, 0.717) is 49.4 Å². The van der Waals surface area contributed by atoms with E-state index in [4.69, 9.17) is 9.47 Å². The summed E-state index contributed by atoms with van der Waals surface area (Å²) >= 11 is 0. The van der Waals surface area contributed by atoms with Gasteiger partial charge in [-0.3, -0.25) is 10.1 Å². The molecule has 1 fully saturated rings. The summed E-state index contributed by atoms with van der Waals surface area (Å²) in [6, 6.07) is 8.47. The van der Waals surface area contributed by atoms with Crippen LogP contribution in [0, 0.1) is 0 Å². The van der Waals surface area contributed by atoms with Gasteiger partial charge in [0.1, 0.15) is 5.75 Å². The van der Waals surface area contributed by atoms with Gasteiger partial charge in [-0.1, -0.05) is 31.5 Å². The number of hydrogen-bond donors (Lipinski definition) is 2. The lowest BCUT2D eigenvalue weighted by atomic mass is 10.0. The van der Waals surface area contributed by atoms with Crippen LogP contribution in [0.5, 0.6) is 5.75 Å². The second-order valence-corrected chi connectivity index (χ2v) is 6.38. The van der Waals surface area contributed by atoms with Gasteiger partial charge in [0.15, 0.2) is 0 Å². The second-order valence-electron chi connectivity index (χ2n) is 6.38. The van der Waals surface area contributed by atoms with Crippen LogP contribution in [-0.2, 0) is 9.47 Å². The minimum Gasteiger partial charge on any atom is -0.506 e. The Morgan fingerprint density at radius 2 is 1.96 bits per heavy atom. The van der Waals surface area contributed by atoms with E-state index in [-0.39, 0.29) is 17.2 Å². The lowest BCUT2D eigenvalue weighted by molar-refractivity contribution is 0.0301. The Labute approximate surface area is 157 Å². The van der Waals surface area contributed by atoms with Gasteiger partial charge in [0.25, 0.3) is 5.91 Å². The second kappa shape index (κ2) is 8.73. The summed E-state index contributed by atoms with van der Waals surface area (Å²) < 4.78 is 10.4. The number of nitrogens with zero attached hydrogens (tertiary/aromatic N) is 1. The number of anilines is 1. The van der Waals surface area contributed by atoms with E-state index in [0.717, 1.165) is 12.8 Å². The van der Waals surface area contributed by atoms with Crippen molar-refractivity contribution in [1.29, 1.82) is 0 Å². The van der Waals surface area contributed by atoms with Crippen LogP contribution >= 0.6 is 0 Å². The first-order valence-corrected chi connectivity index (χ1v) is 9.17. The van der Waals surface area contributed by atoms with Crippen molar-refractivity contribution in [3.63, 3.8) is 0 Å². The molecule has 0 bridgehead atoms. The molecular weight excluding hydrogens is 348 g/mol. The topological polar surface area (TPSA) is 88.1 Å². The maximum Gasteiger partial charge on any atom is 0.411 e. The fraction of sp³-hybridized carbons (Fsp3) is 0.400. The summed E-state index contributed by atoms with van der Waals surface area (Å²) in [5, 5.41) is 14.5. The zero-order valence-corrected chi connectivity index (χ0v) is 15.4. The number of morpholine rings is 1. The molecule has 7 nitrogen and oxygen atoms in total. The standard InChI is InChI=1S/C20H24N2O5/c1-2-3-11-27-20(25)21-17-6-4-5-15-14(17)7-8-16(18(15)23)19(24)22-9-12-26-13-10-22/h4-8,23H,2-3,9-13H2,1H3,(H,21,25). The van der Waals surface area contributed by atoms with Crippen molar-refractivity contribution < 1.29 is 24.2 Å². The summed E-state index contributed by atoms with van der Waals surface area (Å²) in [6.07, 6.45) is 1.20. The van der Waals surface area contributed by atoms with Crippen LogP contribution in [0.4, 0.5) is 10.5 Å². The van der Waals surface area contributed by atoms with Gasteiger partial charge < -0.3 is 19.5 Å². The molecule has 3 rings (SSSR count). The van der Waals surface area contributed by atoms with Crippen molar-refractivity contribution in [3.05, 3.63) is 35.9 Å². The molecule has 144 valence electrons. The van der Waals surface area contributed by atoms with Gasteiger partial charge in [0.05, 0.1) is 31.1 Å². The van der Waals surface area contributed by atoms with Gasteiger partial charge in [0, 0.05) is 23.9 Å². The first-order valence-electron chi connectivity index (χ1n) is 9.17. The molecule has 2 aromatic rings. The third-order valence-corrected chi connectivity index (χ3v) is 4.53. The summed E-state index contributed by atoms with van der Waals surface area (Å²) in [5.74, 6) is -0.318. The van der Waals surface area contributed by atoms with Gasteiger partial charge in [-0.25, -0.2) is 4.79 Å². The zero-order chi connectivity index (χ0) is 19.2. The molecule has 0 spiro atoms. The summed E-state index contributed by atoms with van der Waals surface area (Å²) in [5.41, 5.74) is 0.766. The Morgan fingerprint density at radius 1 is 1.19 bits per heavy atom. The third kappa shape index (κ3) is 4.31. The molecule has 1 heterocycles. The molecule has 2 aromatic carbocycles. The average molecular weight is 372 g/mol. The summed E-state index contributed by atoms with van der Waals surface area (Å²) in [6.45, 7) is 4.37. The molecule has 1 aliphatic rings. The Morgan fingerprint density at radius 3 is 2.70 bits per heavy atom. The van der Waals surface area contributed by atoms with Gasteiger partial charge in [0.2, 0.25) is 0 Å². The number of phenols is 1. The third-order valence-electron chi connectivity index (χ3n) is 4.53. The first kappa shape index (κ1) is 19.0. The number of fused-ring (bicyclic) bond motifs is 1. The van der Waals surface area contributed by atoms with E-state index in [1.807, 2.05) is 6.92 Å². The number of amides is 2. The Bertz CT molecular complexity index is 830. The number of unbranched alkanes of at least 4 members (excludes halogenated alkanes) is 1. The average Bonchev–Trinajstić information content (AvgIpc) is 2.69. The highest BCUT2D eigenvalue weighted by molar-refractivity contribution is 6.08. The van der Waals surface area contributed by atoms with Crippen LogP contribution < -0.4 is 5.32 Å². The number of carbonyl (C=O) groups is 2. The quantitative estimate of drug-likeness (QED) is 0.786. The van der Waals surface area contributed by atoms with Crippen molar-refractivity contribution in [1.82, 2.24) is 4.90 Å². The van der Waals surface area contributed by atoms with Crippen LogP contribution in [0.15, 0.2) is 30.3 Å². The smallest absolute Gasteiger partial charge is 0.411 e. The van der Waals surface area contributed by atoms with Crippen molar-refractivity contribution in [2.24, 2.45) is 0 Å². The molecule has 7 heteroatoms. The highest BCUT2D eigenvalue weighted by Crippen LogP contribution is 2.33. The minimum absolute atomic E-state index is 0.0907. The predicted molar refractivity (Wildman–Crippen MR) is 102 cm³/mol. The summed E-state index contributed by atoms with van der Waals surface area (Å²) in [4.78, 5) is 26.3. The maximum absolute atomic E-state index is 12.7. The van der Waals surface area contributed by atoms with Crippen LogP contribution in [0.3, 0.4) is 0 Å². The molecule has 0 radical (unpaired) electrons. The number of hydrogen-bond acceptors (Lipinski definition) is 5. The number of rotatable bonds is 5. The van der Waals surface area contributed by atoms with E-state index in [2.05, 4.69) is 5.32 Å². The lowest BCUT2D eigenvalue weighted by Crippen LogP contribution is -2.40. The number of ether oxygens (including phenoxy) is 2. The largest absolute Gasteiger partial charge is 0.506 e. The van der Waals surface area contributed by atoms with E-state index < -0.39 is 6.09 Å².